The summed E-state index contributed by atoms with van der Waals surface area (Å²) in [5, 5.41) is 5.53. The summed E-state index contributed by atoms with van der Waals surface area (Å²) in [7, 11) is 0. The van der Waals surface area contributed by atoms with Crippen LogP contribution in [0.15, 0.2) is 35.7 Å². The highest BCUT2D eigenvalue weighted by Crippen LogP contribution is 2.24. The van der Waals surface area contributed by atoms with Crippen molar-refractivity contribution in [1.29, 1.82) is 0 Å². The Kier molecular flexibility index (Phi) is 4.68. The molecule has 1 aromatic heterocycles. The van der Waals surface area contributed by atoms with E-state index in [-0.39, 0.29) is 11.8 Å². The van der Waals surface area contributed by atoms with Crippen molar-refractivity contribution < 1.29 is 4.79 Å². The molecule has 1 atom stereocenters. The van der Waals surface area contributed by atoms with E-state index < -0.39 is 0 Å². The molecule has 0 aliphatic heterocycles. The first kappa shape index (κ1) is 13.7. The van der Waals surface area contributed by atoms with Crippen LogP contribution in [-0.2, 0) is 4.79 Å². The quantitative estimate of drug-likeness (QED) is 0.896. The number of carbonyl (C=O) groups is 1. The predicted octanol–water partition coefficient (Wildman–Crippen LogP) is 3.97. The minimum absolute atomic E-state index is 0.0300. The van der Waals surface area contributed by atoms with Crippen LogP contribution in [0.5, 0.6) is 0 Å². The first-order chi connectivity index (χ1) is 9.20. The average molecular weight is 274 g/mol. The zero-order valence-corrected chi connectivity index (χ0v) is 12.0. The summed E-state index contributed by atoms with van der Waals surface area (Å²) in [5.41, 5.74) is 2.00. The number of hydrogen-bond donors (Lipinski definition) is 1. The highest BCUT2D eigenvalue weighted by Gasteiger charge is 2.20. The number of nitrogens with one attached hydrogen (secondary N) is 1. The Balaban J connectivity index is 2.13. The fraction of sp³-hybridized carbons (Fsp3) is 0.333. The Morgan fingerprint density at radius 3 is 2.68 bits per heavy atom. The molecule has 0 saturated carbocycles. The van der Waals surface area contributed by atoms with Gasteiger partial charge in [0.25, 0.3) is 0 Å². The van der Waals surface area contributed by atoms with E-state index in [9.17, 15) is 4.79 Å². The second-order valence-electron chi connectivity index (χ2n) is 4.54. The van der Waals surface area contributed by atoms with Crippen LogP contribution in [0.4, 0.5) is 5.13 Å². The molecule has 0 spiro atoms. The van der Waals surface area contributed by atoms with Crippen molar-refractivity contribution >= 4 is 22.4 Å². The number of benzene rings is 1. The highest BCUT2D eigenvalue weighted by molar-refractivity contribution is 7.13. The molecule has 4 heteroatoms. The Morgan fingerprint density at radius 2 is 2.11 bits per heavy atom. The second-order valence-corrected chi connectivity index (χ2v) is 5.39. The van der Waals surface area contributed by atoms with Gasteiger partial charge in [0, 0.05) is 5.38 Å². The number of nitrogens with zero attached hydrogens (tertiary/aromatic N) is 1. The minimum Gasteiger partial charge on any atom is -0.301 e. The molecule has 1 N–H and O–H groups in total. The topological polar surface area (TPSA) is 42.0 Å². The SMILES string of the molecule is CCC[C@H](C(=O)Nc1nc(C)cs1)c1ccccc1. The molecule has 0 radical (unpaired) electrons. The van der Waals surface area contributed by atoms with Gasteiger partial charge in [-0.25, -0.2) is 4.98 Å². The van der Waals surface area contributed by atoms with Crippen LogP contribution in [0.25, 0.3) is 0 Å². The maximum Gasteiger partial charge on any atom is 0.233 e. The first-order valence-electron chi connectivity index (χ1n) is 6.48. The molecule has 0 fully saturated rings. The lowest BCUT2D eigenvalue weighted by Crippen LogP contribution is -2.21. The van der Waals surface area contributed by atoms with E-state index in [0.717, 1.165) is 24.1 Å². The molecule has 100 valence electrons. The number of aromatic nitrogens is 1. The van der Waals surface area contributed by atoms with Crippen LogP contribution in [0.2, 0.25) is 0 Å². The van der Waals surface area contributed by atoms with E-state index in [1.165, 1.54) is 11.3 Å². The van der Waals surface area contributed by atoms with Crippen molar-refractivity contribution in [3.05, 3.63) is 47.0 Å². The molecular formula is C15H18N2OS. The van der Waals surface area contributed by atoms with E-state index in [0.29, 0.717) is 5.13 Å². The zero-order valence-electron chi connectivity index (χ0n) is 11.2. The van der Waals surface area contributed by atoms with Crippen molar-refractivity contribution in [3.8, 4) is 0 Å². The lowest BCUT2D eigenvalue weighted by molar-refractivity contribution is -0.117. The number of aryl methyl sites for hydroxylation is 1. The molecular weight excluding hydrogens is 256 g/mol. The summed E-state index contributed by atoms with van der Waals surface area (Å²) >= 11 is 1.47. The van der Waals surface area contributed by atoms with Gasteiger partial charge in [-0.05, 0) is 18.9 Å². The standard InChI is InChI=1S/C15H18N2OS/c1-3-7-13(12-8-5-4-6-9-12)14(18)17-15-16-11(2)10-19-15/h4-6,8-10,13H,3,7H2,1-2H3,(H,16,17,18)/t13-/m0/s1. The fourth-order valence-electron chi connectivity index (χ4n) is 2.03. The maximum atomic E-state index is 12.4. The molecule has 2 rings (SSSR count). The van der Waals surface area contributed by atoms with Crippen molar-refractivity contribution in [2.24, 2.45) is 0 Å². The van der Waals surface area contributed by atoms with Gasteiger partial charge >= 0.3 is 0 Å². The van der Waals surface area contributed by atoms with Gasteiger partial charge in [0.15, 0.2) is 5.13 Å². The van der Waals surface area contributed by atoms with Gasteiger partial charge in [-0.3, -0.25) is 4.79 Å². The number of anilines is 1. The van der Waals surface area contributed by atoms with Gasteiger partial charge < -0.3 is 5.32 Å². The molecule has 0 aliphatic carbocycles. The molecule has 0 aliphatic rings. The number of rotatable bonds is 5. The molecule has 1 aromatic carbocycles. The van der Waals surface area contributed by atoms with Gasteiger partial charge in [0.1, 0.15) is 0 Å². The molecule has 2 aromatic rings. The highest BCUT2D eigenvalue weighted by atomic mass is 32.1. The number of amides is 1. The lowest BCUT2D eigenvalue weighted by Gasteiger charge is -2.15. The number of hydrogen-bond acceptors (Lipinski definition) is 3. The molecule has 19 heavy (non-hydrogen) atoms. The van der Waals surface area contributed by atoms with Crippen molar-refractivity contribution in [3.63, 3.8) is 0 Å². The van der Waals surface area contributed by atoms with E-state index in [4.69, 9.17) is 0 Å². The minimum atomic E-state index is -0.101. The summed E-state index contributed by atoms with van der Waals surface area (Å²) in [4.78, 5) is 16.6. The van der Waals surface area contributed by atoms with Crippen LogP contribution in [0, 0.1) is 6.92 Å². The fourth-order valence-corrected chi connectivity index (χ4v) is 2.72. The van der Waals surface area contributed by atoms with Gasteiger partial charge in [0.05, 0.1) is 11.6 Å². The summed E-state index contributed by atoms with van der Waals surface area (Å²) in [6, 6.07) is 9.92. The molecule has 0 saturated heterocycles. The summed E-state index contributed by atoms with van der Waals surface area (Å²) in [5.74, 6) is -0.0715. The monoisotopic (exact) mass is 274 g/mol. The van der Waals surface area contributed by atoms with Gasteiger partial charge in [-0.2, -0.15) is 0 Å². The van der Waals surface area contributed by atoms with Gasteiger partial charge in [0.2, 0.25) is 5.91 Å². The Morgan fingerprint density at radius 1 is 1.37 bits per heavy atom. The Bertz CT molecular complexity index is 536. The lowest BCUT2D eigenvalue weighted by atomic mass is 9.94. The van der Waals surface area contributed by atoms with Crippen LogP contribution >= 0.6 is 11.3 Å². The molecule has 1 heterocycles. The average Bonchev–Trinajstić information content (AvgIpc) is 2.82. The number of carbonyl (C=O) groups excluding carboxylic acids is 1. The van der Waals surface area contributed by atoms with Crippen molar-refractivity contribution in [1.82, 2.24) is 4.98 Å². The molecule has 0 bridgehead atoms. The largest absolute Gasteiger partial charge is 0.301 e. The van der Waals surface area contributed by atoms with Crippen LogP contribution in [0.1, 0.15) is 36.9 Å². The molecule has 3 nitrogen and oxygen atoms in total. The Hall–Kier alpha value is -1.68. The van der Waals surface area contributed by atoms with E-state index in [2.05, 4.69) is 17.2 Å². The predicted molar refractivity (Wildman–Crippen MR) is 79.6 cm³/mol. The normalized spacial score (nSPS) is 12.1. The summed E-state index contributed by atoms with van der Waals surface area (Å²) < 4.78 is 0. The third-order valence-corrected chi connectivity index (χ3v) is 3.82. The van der Waals surface area contributed by atoms with Crippen LogP contribution in [0.3, 0.4) is 0 Å². The van der Waals surface area contributed by atoms with Gasteiger partial charge in [-0.15, -0.1) is 11.3 Å². The van der Waals surface area contributed by atoms with Crippen molar-refractivity contribution in [2.45, 2.75) is 32.6 Å². The van der Waals surface area contributed by atoms with E-state index in [1.807, 2.05) is 42.6 Å². The molecule has 0 unspecified atom stereocenters. The van der Waals surface area contributed by atoms with Crippen molar-refractivity contribution in [2.75, 3.05) is 5.32 Å². The van der Waals surface area contributed by atoms with Crippen LogP contribution in [-0.4, -0.2) is 10.9 Å². The summed E-state index contributed by atoms with van der Waals surface area (Å²) in [6.07, 6.45) is 1.82. The first-order valence-corrected chi connectivity index (χ1v) is 7.36. The van der Waals surface area contributed by atoms with Crippen LogP contribution < -0.4 is 5.32 Å². The number of thiazole rings is 1. The van der Waals surface area contributed by atoms with Gasteiger partial charge in [-0.1, -0.05) is 43.7 Å². The van der Waals surface area contributed by atoms with E-state index in [1.54, 1.807) is 0 Å². The zero-order chi connectivity index (χ0) is 13.7. The molecule has 1 amide bonds. The third-order valence-electron chi connectivity index (χ3n) is 2.94. The van der Waals surface area contributed by atoms with E-state index >= 15 is 0 Å². The third kappa shape index (κ3) is 3.64. The summed E-state index contributed by atoms with van der Waals surface area (Å²) in [6.45, 7) is 4.02. The second kappa shape index (κ2) is 6.48. The maximum absolute atomic E-state index is 12.4. The Labute approximate surface area is 117 Å². The smallest absolute Gasteiger partial charge is 0.233 e.